The molecule has 0 unspecified atom stereocenters. The molecule has 0 spiro atoms. The van der Waals surface area contributed by atoms with E-state index in [1.807, 2.05) is 0 Å². The van der Waals surface area contributed by atoms with Crippen LogP contribution in [0, 0.1) is 0 Å². The highest BCUT2D eigenvalue weighted by molar-refractivity contribution is 6.23. The summed E-state index contributed by atoms with van der Waals surface area (Å²) < 4.78 is 0. The number of rotatable bonds is 1. The van der Waals surface area contributed by atoms with Crippen molar-refractivity contribution in [2.45, 2.75) is 6.54 Å². The summed E-state index contributed by atoms with van der Waals surface area (Å²) in [6.07, 6.45) is 0. The van der Waals surface area contributed by atoms with E-state index in [-0.39, 0.29) is 0 Å². The molecule has 1 nitrogen and oxygen atoms in total. The molecule has 4 aromatic rings. The Morgan fingerprint density at radius 3 is 2.00 bits per heavy atom. The van der Waals surface area contributed by atoms with Crippen molar-refractivity contribution >= 4 is 32.3 Å². The van der Waals surface area contributed by atoms with Crippen LogP contribution in [0.5, 0.6) is 0 Å². The van der Waals surface area contributed by atoms with Crippen LogP contribution in [0.25, 0.3) is 32.3 Å². The SMILES string of the molecule is NCc1ccc2ccc3cccc4ccc1c2c34. The third-order valence-electron chi connectivity index (χ3n) is 3.84. The first-order valence-corrected chi connectivity index (χ1v) is 6.24. The highest BCUT2D eigenvalue weighted by Crippen LogP contribution is 2.35. The van der Waals surface area contributed by atoms with Gasteiger partial charge in [-0.25, -0.2) is 0 Å². The van der Waals surface area contributed by atoms with Gasteiger partial charge in [-0.15, -0.1) is 0 Å². The normalized spacial score (nSPS) is 11.8. The first-order valence-electron chi connectivity index (χ1n) is 6.24. The van der Waals surface area contributed by atoms with Gasteiger partial charge in [0, 0.05) is 6.54 Å². The maximum atomic E-state index is 5.85. The molecule has 0 aliphatic heterocycles. The van der Waals surface area contributed by atoms with Crippen LogP contribution in [0.15, 0.2) is 54.6 Å². The number of benzene rings is 4. The van der Waals surface area contributed by atoms with E-state index >= 15 is 0 Å². The van der Waals surface area contributed by atoms with Crippen molar-refractivity contribution in [3.8, 4) is 0 Å². The van der Waals surface area contributed by atoms with Crippen LogP contribution in [0.4, 0.5) is 0 Å². The summed E-state index contributed by atoms with van der Waals surface area (Å²) in [7, 11) is 0. The summed E-state index contributed by atoms with van der Waals surface area (Å²) in [4.78, 5) is 0. The minimum Gasteiger partial charge on any atom is -0.326 e. The molecular weight excluding hydrogens is 218 g/mol. The maximum Gasteiger partial charge on any atom is 0.0184 e. The quantitative estimate of drug-likeness (QED) is 0.491. The predicted octanol–water partition coefficient (Wildman–Crippen LogP) is 4.04. The van der Waals surface area contributed by atoms with Crippen molar-refractivity contribution in [1.29, 1.82) is 0 Å². The molecule has 0 aliphatic carbocycles. The fourth-order valence-corrected chi connectivity index (χ4v) is 2.97. The molecule has 2 N–H and O–H groups in total. The van der Waals surface area contributed by atoms with Gasteiger partial charge >= 0.3 is 0 Å². The maximum absolute atomic E-state index is 5.85. The van der Waals surface area contributed by atoms with E-state index in [0.29, 0.717) is 6.54 Å². The average molecular weight is 231 g/mol. The summed E-state index contributed by atoms with van der Waals surface area (Å²) in [5.41, 5.74) is 7.07. The van der Waals surface area contributed by atoms with Gasteiger partial charge in [-0.3, -0.25) is 0 Å². The lowest BCUT2D eigenvalue weighted by Gasteiger charge is -2.12. The summed E-state index contributed by atoms with van der Waals surface area (Å²) in [5, 5.41) is 7.92. The van der Waals surface area contributed by atoms with E-state index in [4.69, 9.17) is 5.73 Å². The van der Waals surface area contributed by atoms with Crippen molar-refractivity contribution < 1.29 is 0 Å². The topological polar surface area (TPSA) is 26.0 Å². The lowest BCUT2D eigenvalue weighted by atomic mass is 9.92. The zero-order valence-electron chi connectivity index (χ0n) is 9.98. The molecule has 0 radical (unpaired) electrons. The van der Waals surface area contributed by atoms with Crippen LogP contribution in [-0.4, -0.2) is 0 Å². The van der Waals surface area contributed by atoms with Crippen LogP contribution >= 0.6 is 0 Å². The Hall–Kier alpha value is -2.12. The van der Waals surface area contributed by atoms with Crippen LogP contribution < -0.4 is 5.73 Å². The van der Waals surface area contributed by atoms with Crippen molar-refractivity contribution in [2.75, 3.05) is 0 Å². The molecule has 0 aromatic heterocycles. The Kier molecular flexibility index (Phi) is 1.88. The van der Waals surface area contributed by atoms with Crippen LogP contribution in [-0.2, 0) is 6.54 Å². The van der Waals surface area contributed by atoms with E-state index in [1.54, 1.807) is 0 Å². The monoisotopic (exact) mass is 231 g/mol. The Labute approximate surface area is 105 Å². The minimum absolute atomic E-state index is 0.591. The van der Waals surface area contributed by atoms with Gasteiger partial charge in [0.1, 0.15) is 0 Å². The van der Waals surface area contributed by atoms with Gasteiger partial charge in [-0.2, -0.15) is 0 Å². The molecule has 86 valence electrons. The zero-order valence-corrected chi connectivity index (χ0v) is 9.98. The van der Waals surface area contributed by atoms with Gasteiger partial charge < -0.3 is 5.73 Å². The molecule has 0 heterocycles. The Morgan fingerprint density at radius 2 is 1.28 bits per heavy atom. The Balaban J connectivity index is 2.40. The number of hydrogen-bond donors (Lipinski definition) is 1. The Morgan fingerprint density at radius 1 is 0.667 bits per heavy atom. The first-order chi connectivity index (χ1) is 8.88. The smallest absolute Gasteiger partial charge is 0.0184 e. The van der Waals surface area contributed by atoms with Crippen molar-refractivity contribution in [3.05, 3.63) is 60.2 Å². The first kappa shape index (κ1) is 9.86. The van der Waals surface area contributed by atoms with Crippen LogP contribution in [0.2, 0.25) is 0 Å². The lowest BCUT2D eigenvalue weighted by molar-refractivity contribution is 1.09. The van der Waals surface area contributed by atoms with E-state index in [9.17, 15) is 0 Å². The van der Waals surface area contributed by atoms with Crippen molar-refractivity contribution in [1.82, 2.24) is 0 Å². The molecule has 4 aromatic carbocycles. The molecule has 0 fully saturated rings. The van der Waals surface area contributed by atoms with Gasteiger partial charge in [0.25, 0.3) is 0 Å². The largest absolute Gasteiger partial charge is 0.326 e. The molecule has 4 rings (SSSR count). The highest BCUT2D eigenvalue weighted by atomic mass is 14.5. The third-order valence-corrected chi connectivity index (χ3v) is 3.84. The zero-order chi connectivity index (χ0) is 12.1. The fraction of sp³-hybridized carbons (Fsp3) is 0.0588. The van der Waals surface area contributed by atoms with Crippen LogP contribution in [0.1, 0.15) is 5.56 Å². The molecule has 0 bridgehead atoms. The molecule has 0 aliphatic rings. The van der Waals surface area contributed by atoms with Crippen molar-refractivity contribution in [2.24, 2.45) is 5.73 Å². The third kappa shape index (κ3) is 1.14. The second-order valence-corrected chi connectivity index (χ2v) is 4.78. The molecule has 0 amide bonds. The second kappa shape index (κ2) is 3.44. The molecular formula is C17H13N. The summed E-state index contributed by atoms with van der Waals surface area (Å²) in [6, 6.07) is 19.6. The van der Waals surface area contributed by atoms with E-state index < -0.39 is 0 Å². The second-order valence-electron chi connectivity index (χ2n) is 4.78. The molecule has 18 heavy (non-hydrogen) atoms. The fourth-order valence-electron chi connectivity index (χ4n) is 2.97. The van der Waals surface area contributed by atoms with E-state index in [2.05, 4.69) is 54.6 Å². The summed E-state index contributed by atoms with van der Waals surface area (Å²) in [5.74, 6) is 0. The molecule has 0 atom stereocenters. The summed E-state index contributed by atoms with van der Waals surface area (Å²) in [6.45, 7) is 0.591. The molecule has 1 heteroatoms. The van der Waals surface area contributed by atoms with Crippen LogP contribution in [0.3, 0.4) is 0 Å². The number of hydrogen-bond acceptors (Lipinski definition) is 1. The van der Waals surface area contributed by atoms with E-state index in [1.165, 1.54) is 37.9 Å². The molecule has 0 saturated heterocycles. The lowest BCUT2D eigenvalue weighted by Crippen LogP contribution is -1.97. The van der Waals surface area contributed by atoms with Gasteiger partial charge in [0.05, 0.1) is 0 Å². The van der Waals surface area contributed by atoms with Gasteiger partial charge in [-0.1, -0.05) is 54.6 Å². The average Bonchev–Trinajstić information content (AvgIpc) is 2.44. The standard InChI is InChI=1S/C17H13N/c18-10-14-7-6-13-5-4-11-2-1-3-12-8-9-15(14)17(13)16(11)12/h1-9H,10,18H2. The molecule has 0 saturated carbocycles. The minimum atomic E-state index is 0.591. The van der Waals surface area contributed by atoms with Gasteiger partial charge in [-0.05, 0) is 37.9 Å². The number of nitrogens with two attached hydrogens (primary N) is 1. The Bertz CT molecular complexity index is 845. The van der Waals surface area contributed by atoms with Gasteiger partial charge in [0.2, 0.25) is 0 Å². The van der Waals surface area contributed by atoms with Crippen molar-refractivity contribution in [3.63, 3.8) is 0 Å². The summed E-state index contributed by atoms with van der Waals surface area (Å²) >= 11 is 0. The predicted molar refractivity (Wildman–Crippen MR) is 78.0 cm³/mol. The van der Waals surface area contributed by atoms with Gasteiger partial charge in [0.15, 0.2) is 0 Å². The highest BCUT2D eigenvalue weighted by Gasteiger charge is 2.09. The van der Waals surface area contributed by atoms with E-state index in [0.717, 1.165) is 0 Å².